The molecule has 0 atom stereocenters. The SMILES string of the molecule is C=C(C)/C(=N/[Si](C)(C)C)O[Si](C)(C)C. The molecule has 0 N–H and O–H groups in total. The highest BCUT2D eigenvalue weighted by atomic mass is 28.4. The highest BCUT2D eigenvalue weighted by molar-refractivity contribution is 6.76. The van der Waals surface area contributed by atoms with Crippen LogP contribution in [0.2, 0.25) is 39.3 Å². The quantitative estimate of drug-likeness (QED) is 0.411. The molecule has 0 amide bonds. The summed E-state index contributed by atoms with van der Waals surface area (Å²) in [5.74, 6) is 0.781. The van der Waals surface area contributed by atoms with E-state index in [2.05, 4.69) is 50.5 Å². The van der Waals surface area contributed by atoms with E-state index in [0.29, 0.717) is 0 Å². The first kappa shape index (κ1) is 13.6. The van der Waals surface area contributed by atoms with E-state index in [4.69, 9.17) is 4.43 Å². The zero-order chi connectivity index (χ0) is 11.6. The fraction of sp³-hybridized carbons (Fsp3) is 0.700. The Balaban J connectivity index is 4.81. The van der Waals surface area contributed by atoms with Gasteiger partial charge in [0.2, 0.25) is 8.32 Å². The molecule has 0 rings (SSSR count). The number of hydrogen-bond acceptors (Lipinski definition) is 2. The monoisotopic (exact) mass is 229 g/mol. The van der Waals surface area contributed by atoms with Crippen LogP contribution in [0.3, 0.4) is 0 Å². The van der Waals surface area contributed by atoms with Gasteiger partial charge in [-0.25, -0.2) is 0 Å². The van der Waals surface area contributed by atoms with Gasteiger partial charge >= 0.3 is 0 Å². The van der Waals surface area contributed by atoms with Crippen molar-refractivity contribution < 1.29 is 4.43 Å². The van der Waals surface area contributed by atoms with E-state index in [9.17, 15) is 0 Å². The fourth-order valence-electron chi connectivity index (χ4n) is 0.800. The van der Waals surface area contributed by atoms with Gasteiger partial charge < -0.3 is 4.43 Å². The van der Waals surface area contributed by atoms with Crippen molar-refractivity contribution in [3.05, 3.63) is 12.2 Å². The molecule has 0 aliphatic carbocycles. The van der Waals surface area contributed by atoms with Crippen LogP contribution < -0.4 is 0 Å². The van der Waals surface area contributed by atoms with E-state index in [1.807, 2.05) is 6.92 Å². The van der Waals surface area contributed by atoms with Gasteiger partial charge in [-0.1, -0.05) is 6.58 Å². The lowest BCUT2D eigenvalue weighted by Gasteiger charge is -2.23. The van der Waals surface area contributed by atoms with Gasteiger partial charge in [0.1, 0.15) is 0 Å². The molecule has 82 valence electrons. The molecule has 14 heavy (non-hydrogen) atoms. The molecule has 0 aromatic rings. The molecular formula is C10H23NOSi2. The average Bonchev–Trinajstić information content (AvgIpc) is 1.78. The molecule has 0 aromatic carbocycles. The summed E-state index contributed by atoms with van der Waals surface area (Å²) >= 11 is 0. The summed E-state index contributed by atoms with van der Waals surface area (Å²) in [6, 6.07) is 0. The average molecular weight is 229 g/mol. The molecule has 0 aliphatic heterocycles. The molecule has 0 spiro atoms. The minimum Gasteiger partial charge on any atom is -0.532 e. The number of rotatable bonds is 3. The summed E-state index contributed by atoms with van der Waals surface area (Å²) in [5.41, 5.74) is 0.940. The molecule has 2 nitrogen and oxygen atoms in total. The first-order chi connectivity index (χ1) is 6.01. The van der Waals surface area contributed by atoms with Crippen LogP contribution >= 0.6 is 0 Å². The zero-order valence-electron chi connectivity index (χ0n) is 10.6. The maximum atomic E-state index is 5.90. The van der Waals surface area contributed by atoms with Crippen molar-refractivity contribution in [1.82, 2.24) is 0 Å². The van der Waals surface area contributed by atoms with Crippen LogP contribution in [0.4, 0.5) is 0 Å². The number of nitrogens with zero attached hydrogens (tertiary/aromatic N) is 1. The van der Waals surface area contributed by atoms with Crippen molar-refractivity contribution in [2.24, 2.45) is 4.66 Å². The van der Waals surface area contributed by atoms with E-state index >= 15 is 0 Å². The standard InChI is InChI=1S/C10H23NOSi2/c1-9(2)10(11-13(3,4)5)12-14(6,7)8/h1H2,2-8H3/b11-10-. The third-order valence-electron chi connectivity index (χ3n) is 1.20. The normalized spacial score (nSPS) is 14.1. The van der Waals surface area contributed by atoms with Crippen molar-refractivity contribution in [3.8, 4) is 0 Å². The molecule has 0 aromatic heterocycles. The lowest BCUT2D eigenvalue weighted by Crippen LogP contribution is -2.32. The molecule has 0 saturated carbocycles. The van der Waals surface area contributed by atoms with E-state index in [1.165, 1.54) is 0 Å². The van der Waals surface area contributed by atoms with E-state index in [-0.39, 0.29) is 0 Å². The fourth-order valence-corrected chi connectivity index (χ4v) is 2.54. The Labute approximate surface area is 90.3 Å². The summed E-state index contributed by atoms with van der Waals surface area (Å²) in [4.78, 5) is 0. The predicted octanol–water partition coefficient (Wildman–Crippen LogP) is 3.65. The van der Waals surface area contributed by atoms with Gasteiger partial charge in [-0.05, 0) is 46.2 Å². The van der Waals surface area contributed by atoms with E-state index in [0.717, 1.165) is 11.5 Å². The van der Waals surface area contributed by atoms with Crippen LogP contribution in [0.1, 0.15) is 6.92 Å². The summed E-state index contributed by atoms with van der Waals surface area (Å²) in [7, 11) is -3.01. The van der Waals surface area contributed by atoms with Gasteiger partial charge in [-0.15, -0.1) is 0 Å². The van der Waals surface area contributed by atoms with Gasteiger partial charge in [-0.3, -0.25) is 4.66 Å². The third kappa shape index (κ3) is 7.09. The smallest absolute Gasteiger partial charge is 0.244 e. The first-order valence-electron chi connectivity index (χ1n) is 4.96. The van der Waals surface area contributed by atoms with Crippen LogP contribution in [0.5, 0.6) is 0 Å². The van der Waals surface area contributed by atoms with Crippen molar-refractivity contribution in [3.63, 3.8) is 0 Å². The van der Waals surface area contributed by atoms with Crippen molar-refractivity contribution in [2.75, 3.05) is 0 Å². The lowest BCUT2D eigenvalue weighted by atomic mass is 10.4. The van der Waals surface area contributed by atoms with Gasteiger partial charge in [0.05, 0.1) is 0 Å². The third-order valence-corrected chi connectivity index (χ3v) is 2.88. The van der Waals surface area contributed by atoms with Crippen LogP contribution in [0.15, 0.2) is 16.8 Å². The highest BCUT2D eigenvalue weighted by Gasteiger charge is 2.21. The second-order valence-corrected chi connectivity index (χ2v) is 14.6. The Morgan fingerprint density at radius 2 is 1.50 bits per heavy atom. The Kier molecular flexibility index (Phi) is 4.33. The van der Waals surface area contributed by atoms with Crippen LogP contribution in [-0.4, -0.2) is 22.5 Å². The van der Waals surface area contributed by atoms with Crippen LogP contribution in [0, 0.1) is 0 Å². The largest absolute Gasteiger partial charge is 0.532 e. The molecule has 4 heteroatoms. The first-order valence-corrected chi connectivity index (χ1v) is 11.8. The van der Waals surface area contributed by atoms with Gasteiger partial charge in [0, 0.05) is 5.57 Å². The summed E-state index contributed by atoms with van der Waals surface area (Å²) in [5, 5.41) is 0. The minimum atomic E-state index is -1.55. The van der Waals surface area contributed by atoms with Crippen LogP contribution in [0.25, 0.3) is 0 Å². The molecular weight excluding hydrogens is 206 g/mol. The molecule has 0 bridgehead atoms. The second kappa shape index (κ2) is 4.44. The predicted molar refractivity (Wildman–Crippen MR) is 70.0 cm³/mol. The molecule has 0 radical (unpaired) electrons. The maximum Gasteiger partial charge on any atom is 0.244 e. The Morgan fingerprint density at radius 1 is 1.07 bits per heavy atom. The van der Waals surface area contributed by atoms with E-state index < -0.39 is 16.6 Å². The van der Waals surface area contributed by atoms with Crippen LogP contribution in [-0.2, 0) is 4.43 Å². The molecule has 0 aliphatic rings. The summed E-state index contributed by atoms with van der Waals surface area (Å²) in [6.45, 7) is 19.0. The molecule has 0 heterocycles. The molecule has 0 fully saturated rings. The van der Waals surface area contributed by atoms with Crippen molar-refractivity contribution >= 4 is 22.5 Å². The second-order valence-electron chi connectivity index (χ2n) is 5.58. The summed E-state index contributed by atoms with van der Waals surface area (Å²) < 4.78 is 10.6. The Hall–Kier alpha value is -0.356. The lowest BCUT2D eigenvalue weighted by molar-refractivity contribution is 0.553. The Morgan fingerprint density at radius 3 is 1.71 bits per heavy atom. The summed E-state index contributed by atoms with van der Waals surface area (Å²) in [6.07, 6.45) is 0. The minimum absolute atomic E-state index is 0.781. The highest BCUT2D eigenvalue weighted by Crippen LogP contribution is 2.12. The van der Waals surface area contributed by atoms with Crippen molar-refractivity contribution in [2.45, 2.75) is 46.2 Å². The van der Waals surface area contributed by atoms with Gasteiger partial charge in [0.25, 0.3) is 0 Å². The zero-order valence-corrected chi connectivity index (χ0v) is 12.6. The molecule has 0 unspecified atom stereocenters. The number of hydrogen-bond donors (Lipinski definition) is 0. The topological polar surface area (TPSA) is 21.6 Å². The molecule has 0 saturated heterocycles. The van der Waals surface area contributed by atoms with Crippen molar-refractivity contribution in [1.29, 1.82) is 0 Å². The van der Waals surface area contributed by atoms with Gasteiger partial charge in [0.15, 0.2) is 14.1 Å². The maximum absolute atomic E-state index is 5.90. The Bertz CT molecular complexity index is 246. The van der Waals surface area contributed by atoms with Gasteiger partial charge in [-0.2, -0.15) is 0 Å². The van der Waals surface area contributed by atoms with E-state index in [1.54, 1.807) is 0 Å².